The number of carbonyl (C=O) groups excluding carboxylic acids is 2. The topological polar surface area (TPSA) is 65.1 Å². The van der Waals surface area contributed by atoms with Crippen LogP contribution in [0.15, 0.2) is 48.7 Å². The van der Waals surface area contributed by atoms with Crippen molar-refractivity contribution in [3.63, 3.8) is 0 Å². The van der Waals surface area contributed by atoms with Gasteiger partial charge in [-0.1, -0.05) is 35.9 Å². The number of rotatable bonds is 4. The molecule has 1 aromatic heterocycles. The SMILES string of the molecule is Cc1ccc2c(c1)c(C(=O)C(N)=O)cn2CC1C=CC=CC1. The molecule has 22 heavy (non-hydrogen) atoms. The Hall–Kier alpha value is -2.62. The first-order valence-electron chi connectivity index (χ1n) is 7.33. The highest BCUT2D eigenvalue weighted by molar-refractivity contribution is 6.44. The van der Waals surface area contributed by atoms with Gasteiger partial charge in [-0.15, -0.1) is 0 Å². The van der Waals surface area contributed by atoms with Gasteiger partial charge in [-0.3, -0.25) is 9.59 Å². The van der Waals surface area contributed by atoms with Crippen LogP contribution in [-0.4, -0.2) is 16.3 Å². The molecule has 1 unspecified atom stereocenters. The lowest BCUT2D eigenvalue weighted by molar-refractivity contribution is -0.114. The molecule has 0 saturated carbocycles. The highest BCUT2D eigenvalue weighted by atomic mass is 16.2. The molecule has 0 saturated heterocycles. The van der Waals surface area contributed by atoms with Gasteiger partial charge in [0.2, 0.25) is 0 Å². The van der Waals surface area contributed by atoms with Crippen LogP contribution < -0.4 is 5.73 Å². The first kappa shape index (κ1) is 14.3. The minimum atomic E-state index is -0.916. The number of amides is 1. The van der Waals surface area contributed by atoms with Crippen LogP contribution in [0.25, 0.3) is 10.9 Å². The number of hydrogen-bond donors (Lipinski definition) is 1. The minimum Gasteiger partial charge on any atom is -0.363 e. The van der Waals surface area contributed by atoms with Crippen molar-refractivity contribution in [3.8, 4) is 0 Å². The van der Waals surface area contributed by atoms with E-state index in [1.54, 1.807) is 6.20 Å². The quantitative estimate of drug-likeness (QED) is 0.696. The summed E-state index contributed by atoms with van der Waals surface area (Å²) in [4.78, 5) is 23.3. The number of allylic oxidation sites excluding steroid dienone is 4. The van der Waals surface area contributed by atoms with E-state index in [-0.39, 0.29) is 0 Å². The molecule has 0 fully saturated rings. The standard InChI is InChI=1S/C18H18N2O2/c1-12-7-8-16-14(9-12)15(17(21)18(19)22)11-20(16)10-13-5-3-2-4-6-13/h2-5,7-9,11,13H,6,10H2,1H3,(H2,19,22). The summed E-state index contributed by atoms with van der Waals surface area (Å²) in [5, 5.41) is 0.791. The Bertz CT molecular complexity index is 812. The monoisotopic (exact) mass is 294 g/mol. The van der Waals surface area contributed by atoms with Crippen molar-refractivity contribution in [2.75, 3.05) is 0 Å². The Morgan fingerprint density at radius 3 is 2.82 bits per heavy atom. The lowest BCUT2D eigenvalue weighted by Gasteiger charge is -2.14. The summed E-state index contributed by atoms with van der Waals surface area (Å²) in [6.45, 7) is 2.73. The number of nitrogens with two attached hydrogens (primary N) is 1. The third kappa shape index (κ3) is 2.60. The second-order valence-corrected chi connectivity index (χ2v) is 5.72. The smallest absolute Gasteiger partial charge is 0.289 e. The molecular weight excluding hydrogens is 276 g/mol. The average molecular weight is 294 g/mol. The minimum absolute atomic E-state index is 0.387. The largest absolute Gasteiger partial charge is 0.363 e. The zero-order valence-corrected chi connectivity index (χ0v) is 12.5. The Kier molecular flexibility index (Phi) is 3.67. The molecule has 0 radical (unpaired) electrons. The lowest BCUT2D eigenvalue weighted by atomic mass is 10.0. The van der Waals surface area contributed by atoms with Crippen molar-refractivity contribution in [1.29, 1.82) is 0 Å². The van der Waals surface area contributed by atoms with Gasteiger partial charge in [0, 0.05) is 23.6 Å². The van der Waals surface area contributed by atoms with E-state index in [0.29, 0.717) is 11.5 Å². The molecule has 1 heterocycles. The first-order chi connectivity index (χ1) is 10.6. The van der Waals surface area contributed by atoms with E-state index >= 15 is 0 Å². The number of Topliss-reactive ketones (excluding diaryl/α,β-unsaturated/α-hetero) is 1. The summed E-state index contributed by atoms with van der Waals surface area (Å²) in [5.74, 6) is -1.16. The van der Waals surface area contributed by atoms with Gasteiger partial charge >= 0.3 is 0 Å². The maximum atomic E-state index is 12.1. The van der Waals surface area contributed by atoms with Crippen molar-refractivity contribution in [1.82, 2.24) is 4.57 Å². The zero-order valence-electron chi connectivity index (χ0n) is 12.5. The van der Waals surface area contributed by atoms with Gasteiger partial charge in [0.1, 0.15) is 0 Å². The predicted molar refractivity (Wildman–Crippen MR) is 86.6 cm³/mol. The van der Waals surface area contributed by atoms with E-state index < -0.39 is 11.7 Å². The molecule has 4 nitrogen and oxygen atoms in total. The molecule has 4 heteroatoms. The zero-order chi connectivity index (χ0) is 15.7. The highest BCUT2D eigenvalue weighted by Gasteiger charge is 2.20. The molecule has 2 aromatic rings. The molecule has 0 spiro atoms. The Morgan fingerprint density at radius 2 is 2.14 bits per heavy atom. The molecule has 0 bridgehead atoms. The maximum Gasteiger partial charge on any atom is 0.289 e. The summed E-state index contributed by atoms with van der Waals surface area (Å²) in [6, 6.07) is 5.93. The number of carbonyl (C=O) groups is 2. The highest BCUT2D eigenvalue weighted by Crippen LogP contribution is 2.25. The second kappa shape index (κ2) is 5.64. The van der Waals surface area contributed by atoms with Gasteiger partial charge in [-0.05, 0) is 31.4 Å². The van der Waals surface area contributed by atoms with E-state index in [2.05, 4.69) is 12.2 Å². The third-order valence-electron chi connectivity index (χ3n) is 4.01. The van der Waals surface area contributed by atoms with Gasteiger partial charge < -0.3 is 10.3 Å². The fourth-order valence-corrected chi connectivity index (χ4v) is 2.90. The second-order valence-electron chi connectivity index (χ2n) is 5.72. The molecule has 3 rings (SSSR count). The van der Waals surface area contributed by atoms with Crippen molar-refractivity contribution in [2.24, 2.45) is 11.7 Å². The number of aryl methyl sites for hydroxylation is 1. The van der Waals surface area contributed by atoms with Crippen LogP contribution in [0.5, 0.6) is 0 Å². The molecule has 0 aliphatic heterocycles. The molecule has 1 aliphatic rings. The van der Waals surface area contributed by atoms with E-state index in [0.717, 1.165) is 29.4 Å². The molecule has 2 N–H and O–H groups in total. The van der Waals surface area contributed by atoms with Crippen molar-refractivity contribution < 1.29 is 9.59 Å². The molecule has 1 aliphatic carbocycles. The maximum absolute atomic E-state index is 12.1. The van der Waals surface area contributed by atoms with Crippen LogP contribution in [0.3, 0.4) is 0 Å². The summed E-state index contributed by atoms with van der Waals surface area (Å²) in [6.07, 6.45) is 11.1. The Labute approximate surface area is 128 Å². The van der Waals surface area contributed by atoms with Crippen LogP contribution >= 0.6 is 0 Å². The van der Waals surface area contributed by atoms with Gasteiger partial charge in [-0.25, -0.2) is 0 Å². The van der Waals surface area contributed by atoms with E-state index in [4.69, 9.17) is 5.73 Å². The van der Waals surface area contributed by atoms with Crippen molar-refractivity contribution >= 4 is 22.6 Å². The Balaban J connectivity index is 2.06. The number of hydrogen-bond acceptors (Lipinski definition) is 2. The fourth-order valence-electron chi connectivity index (χ4n) is 2.90. The summed E-state index contributed by atoms with van der Waals surface area (Å²) >= 11 is 0. The summed E-state index contributed by atoms with van der Waals surface area (Å²) in [5.41, 5.74) is 7.57. The van der Waals surface area contributed by atoms with Crippen LogP contribution in [0.1, 0.15) is 22.3 Å². The Morgan fingerprint density at radius 1 is 1.32 bits per heavy atom. The van der Waals surface area contributed by atoms with E-state index in [9.17, 15) is 9.59 Å². The predicted octanol–water partition coefficient (Wildman–Crippen LogP) is 2.75. The number of nitrogens with zero attached hydrogens (tertiary/aromatic N) is 1. The van der Waals surface area contributed by atoms with E-state index in [1.807, 2.05) is 41.8 Å². The number of fused-ring (bicyclic) bond motifs is 1. The normalized spacial score (nSPS) is 17.0. The van der Waals surface area contributed by atoms with Gasteiger partial charge in [0.15, 0.2) is 0 Å². The molecule has 1 atom stereocenters. The molecular formula is C18H18N2O2. The van der Waals surface area contributed by atoms with Gasteiger partial charge in [-0.2, -0.15) is 0 Å². The van der Waals surface area contributed by atoms with Crippen LogP contribution in [0.4, 0.5) is 0 Å². The van der Waals surface area contributed by atoms with E-state index in [1.165, 1.54) is 0 Å². The number of primary amides is 1. The number of ketones is 1. The lowest BCUT2D eigenvalue weighted by Crippen LogP contribution is -2.22. The van der Waals surface area contributed by atoms with Crippen molar-refractivity contribution in [2.45, 2.75) is 19.9 Å². The average Bonchev–Trinajstić information content (AvgIpc) is 2.85. The van der Waals surface area contributed by atoms with Gasteiger partial charge in [0.05, 0.1) is 5.56 Å². The fraction of sp³-hybridized carbons (Fsp3) is 0.222. The number of aromatic nitrogens is 1. The number of benzene rings is 1. The molecule has 1 amide bonds. The molecule has 112 valence electrons. The van der Waals surface area contributed by atoms with Crippen LogP contribution in [0, 0.1) is 12.8 Å². The summed E-state index contributed by atoms with van der Waals surface area (Å²) < 4.78 is 2.04. The summed E-state index contributed by atoms with van der Waals surface area (Å²) in [7, 11) is 0. The van der Waals surface area contributed by atoms with Crippen LogP contribution in [-0.2, 0) is 11.3 Å². The third-order valence-corrected chi connectivity index (χ3v) is 4.01. The van der Waals surface area contributed by atoms with Gasteiger partial charge in [0.25, 0.3) is 11.7 Å². The molecule has 1 aromatic carbocycles. The van der Waals surface area contributed by atoms with Crippen LogP contribution in [0.2, 0.25) is 0 Å². The first-order valence-corrected chi connectivity index (χ1v) is 7.33. The van der Waals surface area contributed by atoms with Crippen molar-refractivity contribution in [3.05, 3.63) is 59.8 Å².